The second kappa shape index (κ2) is 10.8. The van der Waals surface area contributed by atoms with Crippen LogP contribution in [0.25, 0.3) is 0 Å². The number of aryl methyl sites for hydroxylation is 1. The third-order valence-electron chi connectivity index (χ3n) is 5.94. The van der Waals surface area contributed by atoms with Crippen molar-refractivity contribution in [2.24, 2.45) is 0 Å². The number of thiophene rings is 1. The monoisotopic (exact) mass is 481 g/mol. The molecule has 8 nitrogen and oxygen atoms in total. The van der Waals surface area contributed by atoms with Gasteiger partial charge in [-0.1, -0.05) is 12.1 Å². The third kappa shape index (κ3) is 5.31. The van der Waals surface area contributed by atoms with Crippen molar-refractivity contribution in [2.75, 3.05) is 45.7 Å². The number of hydrogen-bond acceptors (Lipinski definition) is 8. The van der Waals surface area contributed by atoms with Gasteiger partial charge in [0.2, 0.25) is 0 Å². The van der Waals surface area contributed by atoms with Crippen molar-refractivity contribution in [2.45, 2.75) is 26.0 Å². The first-order valence-corrected chi connectivity index (χ1v) is 12.2. The van der Waals surface area contributed by atoms with Crippen molar-refractivity contribution >= 4 is 23.1 Å². The summed E-state index contributed by atoms with van der Waals surface area (Å²) in [5.41, 5.74) is 2.79. The molecule has 1 atom stereocenters. The number of likely N-dealkylation sites (N-methyl/N-ethyl adjacent to an activating group) is 1. The molecule has 0 radical (unpaired) electrons. The number of nitrogens with zero attached hydrogens (tertiary/aromatic N) is 4. The van der Waals surface area contributed by atoms with Crippen LogP contribution in [0.5, 0.6) is 11.8 Å². The molecule has 1 unspecified atom stereocenters. The van der Waals surface area contributed by atoms with Gasteiger partial charge in [0.15, 0.2) is 0 Å². The fraction of sp³-hybridized carbons (Fsp3) is 0.400. The number of amides is 1. The van der Waals surface area contributed by atoms with E-state index in [4.69, 9.17) is 9.47 Å². The van der Waals surface area contributed by atoms with E-state index < -0.39 is 0 Å². The summed E-state index contributed by atoms with van der Waals surface area (Å²) in [5, 5.41) is 5.32. The summed E-state index contributed by atoms with van der Waals surface area (Å²) in [6, 6.07) is 10.4. The number of nitrogens with one attached hydrogen (secondary N) is 1. The van der Waals surface area contributed by atoms with Gasteiger partial charge in [-0.2, -0.15) is 4.98 Å². The molecule has 1 aromatic carbocycles. The molecular formula is C25H31N5O3S. The van der Waals surface area contributed by atoms with Crippen LogP contribution in [-0.2, 0) is 6.54 Å². The second-order valence-electron chi connectivity index (χ2n) is 8.35. The van der Waals surface area contributed by atoms with E-state index in [0.717, 1.165) is 24.3 Å². The summed E-state index contributed by atoms with van der Waals surface area (Å²) >= 11 is 1.73. The van der Waals surface area contributed by atoms with Crippen LogP contribution in [0.2, 0.25) is 0 Å². The standard InChI is InChI=1S/C25H31N5O3S/c1-17-10-14-34-22(17)21(9-11-26-2)33-19-7-5-18(6-8-19)16-30-13-12-29(3)23-20(24(30)31)15-27-25(28-23)32-4/h5-8,10,14-15,21,26H,9,11-13,16H2,1-4H3. The number of benzene rings is 1. The number of carbonyl (C=O) groups is 1. The Bertz CT molecular complexity index is 1120. The van der Waals surface area contributed by atoms with Crippen molar-refractivity contribution in [1.29, 1.82) is 0 Å². The summed E-state index contributed by atoms with van der Waals surface area (Å²) < 4.78 is 11.5. The first-order valence-electron chi connectivity index (χ1n) is 11.4. The average Bonchev–Trinajstić information content (AvgIpc) is 3.25. The molecule has 0 aliphatic carbocycles. The molecule has 0 bridgehead atoms. The van der Waals surface area contributed by atoms with Crippen LogP contribution in [0.15, 0.2) is 41.9 Å². The van der Waals surface area contributed by atoms with Gasteiger partial charge in [0.05, 0.1) is 7.11 Å². The van der Waals surface area contributed by atoms with Gasteiger partial charge in [0.1, 0.15) is 23.2 Å². The lowest BCUT2D eigenvalue weighted by Gasteiger charge is -2.22. The number of carbonyl (C=O) groups excluding carboxylic acids is 1. The summed E-state index contributed by atoms with van der Waals surface area (Å²) in [5.74, 6) is 1.34. The molecule has 0 fully saturated rings. The number of methoxy groups -OCH3 is 1. The number of ether oxygens (including phenoxy) is 2. The van der Waals surface area contributed by atoms with Crippen LogP contribution >= 0.6 is 11.3 Å². The van der Waals surface area contributed by atoms with Crippen molar-refractivity contribution in [3.63, 3.8) is 0 Å². The van der Waals surface area contributed by atoms with Crippen molar-refractivity contribution < 1.29 is 14.3 Å². The molecule has 4 rings (SSSR count). The Morgan fingerprint density at radius 1 is 1.21 bits per heavy atom. The number of fused-ring (bicyclic) bond motifs is 1. The van der Waals surface area contributed by atoms with E-state index in [9.17, 15) is 4.79 Å². The summed E-state index contributed by atoms with van der Waals surface area (Å²) in [4.78, 5) is 26.8. The molecule has 2 aromatic heterocycles. The molecule has 0 spiro atoms. The molecule has 3 heterocycles. The van der Waals surface area contributed by atoms with Gasteiger partial charge in [0.25, 0.3) is 5.91 Å². The number of aromatic nitrogens is 2. The quantitative estimate of drug-likeness (QED) is 0.499. The van der Waals surface area contributed by atoms with Crippen molar-refractivity contribution in [3.8, 4) is 11.8 Å². The number of hydrogen-bond donors (Lipinski definition) is 1. The Balaban J connectivity index is 1.46. The van der Waals surface area contributed by atoms with Gasteiger partial charge >= 0.3 is 6.01 Å². The minimum Gasteiger partial charge on any atom is -0.485 e. The van der Waals surface area contributed by atoms with E-state index in [2.05, 4.69) is 33.7 Å². The normalized spacial score (nSPS) is 14.5. The zero-order valence-corrected chi connectivity index (χ0v) is 20.9. The molecule has 180 valence electrons. The topological polar surface area (TPSA) is 79.8 Å². The minimum atomic E-state index is -0.0809. The molecule has 34 heavy (non-hydrogen) atoms. The highest BCUT2D eigenvalue weighted by Crippen LogP contribution is 2.31. The summed E-state index contributed by atoms with van der Waals surface area (Å²) in [7, 11) is 5.40. The molecule has 1 aliphatic rings. The SMILES string of the molecule is CNCCC(Oc1ccc(CN2CCN(C)c3nc(OC)ncc3C2=O)cc1)c1sccc1C. The highest BCUT2D eigenvalue weighted by molar-refractivity contribution is 7.10. The lowest BCUT2D eigenvalue weighted by Crippen LogP contribution is -2.33. The van der Waals surface area contributed by atoms with E-state index in [1.807, 2.05) is 48.2 Å². The average molecular weight is 482 g/mol. The predicted molar refractivity (Wildman–Crippen MR) is 134 cm³/mol. The molecule has 0 saturated carbocycles. The maximum absolute atomic E-state index is 13.2. The molecule has 0 saturated heterocycles. The van der Waals surface area contributed by atoms with Gasteiger partial charge < -0.3 is 24.6 Å². The Labute approximate surface area is 204 Å². The fourth-order valence-corrected chi connectivity index (χ4v) is 4.98. The maximum Gasteiger partial charge on any atom is 0.318 e. The van der Waals surface area contributed by atoms with Crippen LogP contribution in [0.3, 0.4) is 0 Å². The Kier molecular flexibility index (Phi) is 7.64. The zero-order valence-electron chi connectivity index (χ0n) is 20.1. The Hall–Kier alpha value is -3.17. The van der Waals surface area contributed by atoms with Crippen LogP contribution in [0.4, 0.5) is 5.82 Å². The molecular weight excluding hydrogens is 450 g/mol. The maximum atomic E-state index is 13.2. The van der Waals surface area contributed by atoms with Gasteiger partial charge in [-0.3, -0.25) is 4.79 Å². The molecule has 3 aromatic rings. The molecule has 1 N–H and O–H groups in total. The van der Waals surface area contributed by atoms with Crippen molar-refractivity contribution in [1.82, 2.24) is 20.2 Å². The Morgan fingerprint density at radius 3 is 2.68 bits per heavy atom. The molecule has 1 aliphatic heterocycles. The third-order valence-corrected chi connectivity index (χ3v) is 7.05. The Morgan fingerprint density at radius 2 is 2.00 bits per heavy atom. The van der Waals surface area contributed by atoms with E-state index in [-0.39, 0.29) is 18.0 Å². The van der Waals surface area contributed by atoms with Gasteiger partial charge in [-0.15, -0.1) is 11.3 Å². The molecule has 1 amide bonds. The van der Waals surface area contributed by atoms with Crippen molar-refractivity contribution in [3.05, 3.63) is 63.5 Å². The molecule has 9 heteroatoms. The van der Waals surface area contributed by atoms with Crippen LogP contribution in [-0.4, -0.2) is 61.6 Å². The number of rotatable bonds is 9. The van der Waals surface area contributed by atoms with Crippen LogP contribution in [0.1, 0.15) is 38.9 Å². The first kappa shape index (κ1) is 24.0. The summed E-state index contributed by atoms with van der Waals surface area (Å²) in [6.45, 7) is 4.78. The van der Waals surface area contributed by atoms with Crippen LogP contribution < -0.4 is 19.7 Å². The fourth-order valence-electron chi connectivity index (χ4n) is 3.99. The smallest absolute Gasteiger partial charge is 0.318 e. The lowest BCUT2D eigenvalue weighted by atomic mass is 10.1. The number of anilines is 1. The highest BCUT2D eigenvalue weighted by Gasteiger charge is 2.27. The first-order chi connectivity index (χ1) is 16.5. The van der Waals surface area contributed by atoms with E-state index in [0.29, 0.717) is 31.0 Å². The van der Waals surface area contributed by atoms with Gasteiger partial charge in [-0.05, 0) is 55.2 Å². The van der Waals surface area contributed by atoms with Gasteiger partial charge in [-0.25, -0.2) is 4.98 Å². The minimum absolute atomic E-state index is 0.00881. The summed E-state index contributed by atoms with van der Waals surface area (Å²) in [6.07, 6.45) is 2.45. The largest absolute Gasteiger partial charge is 0.485 e. The van der Waals surface area contributed by atoms with Gasteiger partial charge in [0, 0.05) is 44.2 Å². The zero-order chi connectivity index (χ0) is 24.1. The lowest BCUT2D eigenvalue weighted by molar-refractivity contribution is 0.0754. The van der Waals surface area contributed by atoms with E-state index in [1.165, 1.54) is 17.6 Å². The van der Waals surface area contributed by atoms with E-state index >= 15 is 0 Å². The second-order valence-corrected chi connectivity index (χ2v) is 9.30. The van der Waals surface area contributed by atoms with Crippen LogP contribution in [0, 0.1) is 6.92 Å². The van der Waals surface area contributed by atoms with E-state index in [1.54, 1.807) is 17.5 Å². The highest BCUT2D eigenvalue weighted by atomic mass is 32.1. The predicted octanol–water partition coefficient (Wildman–Crippen LogP) is 3.68.